The molecule has 0 saturated heterocycles. The molecule has 1 aliphatic rings. The Morgan fingerprint density at radius 2 is 1.50 bits per heavy atom. The van der Waals surface area contributed by atoms with E-state index in [-0.39, 0.29) is 11.2 Å². The number of hydrogen-bond acceptors (Lipinski definition) is 3. The Labute approximate surface area is 191 Å². The monoisotopic (exact) mass is 449 g/mol. The van der Waals surface area contributed by atoms with Crippen LogP contribution in [0.3, 0.4) is 0 Å². The predicted molar refractivity (Wildman–Crippen MR) is 127 cm³/mol. The number of fused-ring (bicyclic) bond motifs is 3. The van der Waals surface area contributed by atoms with Gasteiger partial charge in [0.05, 0.1) is 10.1 Å². The number of nitrogens with zero attached hydrogens (tertiary/aromatic N) is 1. The normalized spacial score (nSPS) is 14.2. The SMILES string of the molecule is CCCC1(CCC)c2ccccc2-c2ccc(-c3cc[n+](CCCS(=O)(=O)[O-])cc3)cc21. The van der Waals surface area contributed by atoms with Crippen LogP contribution in [0, 0.1) is 0 Å². The van der Waals surface area contributed by atoms with Crippen molar-refractivity contribution in [1.29, 1.82) is 0 Å². The lowest BCUT2D eigenvalue weighted by atomic mass is 9.71. The largest absolute Gasteiger partial charge is 0.748 e. The van der Waals surface area contributed by atoms with E-state index in [0.717, 1.165) is 31.2 Å². The van der Waals surface area contributed by atoms with E-state index in [9.17, 15) is 13.0 Å². The zero-order valence-corrected chi connectivity index (χ0v) is 19.7. The molecule has 0 radical (unpaired) electrons. The van der Waals surface area contributed by atoms with Crippen molar-refractivity contribution in [1.82, 2.24) is 0 Å². The molecule has 5 heteroatoms. The van der Waals surface area contributed by atoms with Crippen molar-refractivity contribution in [2.75, 3.05) is 5.75 Å². The summed E-state index contributed by atoms with van der Waals surface area (Å²) in [7, 11) is -4.16. The van der Waals surface area contributed by atoms with E-state index in [0.29, 0.717) is 13.0 Å². The fourth-order valence-corrected chi connectivity index (χ4v) is 5.86. The summed E-state index contributed by atoms with van der Waals surface area (Å²) in [5.74, 6) is -0.329. The third-order valence-corrected chi connectivity index (χ3v) is 7.45. The molecule has 0 amide bonds. The highest BCUT2D eigenvalue weighted by Gasteiger charge is 2.41. The van der Waals surface area contributed by atoms with Gasteiger partial charge in [-0.15, -0.1) is 0 Å². The summed E-state index contributed by atoms with van der Waals surface area (Å²) in [6.45, 7) is 5.06. The molecule has 168 valence electrons. The molecular weight excluding hydrogens is 418 g/mol. The zero-order chi connectivity index (χ0) is 22.8. The van der Waals surface area contributed by atoms with Crippen LogP contribution in [0.1, 0.15) is 57.1 Å². The van der Waals surface area contributed by atoms with E-state index >= 15 is 0 Å². The Hall–Kier alpha value is -2.50. The maximum Gasteiger partial charge on any atom is 0.169 e. The molecule has 1 heterocycles. The molecule has 0 atom stereocenters. The van der Waals surface area contributed by atoms with Crippen molar-refractivity contribution < 1.29 is 17.5 Å². The van der Waals surface area contributed by atoms with Crippen molar-refractivity contribution in [3.8, 4) is 22.3 Å². The van der Waals surface area contributed by atoms with E-state index in [1.807, 2.05) is 17.0 Å². The Kier molecular flexibility index (Phi) is 6.50. The number of rotatable bonds is 9. The van der Waals surface area contributed by atoms with Gasteiger partial charge in [-0.25, -0.2) is 13.0 Å². The van der Waals surface area contributed by atoms with Crippen LogP contribution in [0.2, 0.25) is 0 Å². The molecule has 2 aromatic carbocycles. The Morgan fingerprint density at radius 1 is 0.844 bits per heavy atom. The summed E-state index contributed by atoms with van der Waals surface area (Å²) in [5.41, 5.74) is 8.05. The summed E-state index contributed by atoms with van der Waals surface area (Å²) in [6.07, 6.45) is 8.81. The lowest BCUT2D eigenvalue weighted by Crippen LogP contribution is -2.33. The third kappa shape index (κ3) is 4.37. The second-order valence-electron chi connectivity index (χ2n) is 8.83. The molecule has 4 rings (SSSR count). The average Bonchev–Trinajstić information content (AvgIpc) is 3.04. The Morgan fingerprint density at radius 3 is 2.16 bits per heavy atom. The van der Waals surface area contributed by atoms with E-state index in [4.69, 9.17) is 0 Å². The van der Waals surface area contributed by atoms with Gasteiger partial charge in [0.25, 0.3) is 0 Å². The first-order valence-electron chi connectivity index (χ1n) is 11.6. The van der Waals surface area contributed by atoms with Crippen LogP contribution in [-0.4, -0.2) is 18.7 Å². The van der Waals surface area contributed by atoms with Crippen molar-refractivity contribution in [2.24, 2.45) is 0 Å². The zero-order valence-electron chi connectivity index (χ0n) is 18.9. The summed E-state index contributed by atoms with van der Waals surface area (Å²) in [5, 5.41) is 0. The van der Waals surface area contributed by atoms with Crippen LogP contribution >= 0.6 is 0 Å². The van der Waals surface area contributed by atoms with Crippen molar-refractivity contribution >= 4 is 10.1 Å². The first-order chi connectivity index (χ1) is 15.4. The molecule has 0 unspecified atom stereocenters. The first kappa shape index (κ1) is 22.7. The number of aryl methyl sites for hydroxylation is 1. The number of hydrogen-bond donors (Lipinski definition) is 0. The highest BCUT2D eigenvalue weighted by atomic mass is 32.2. The van der Waals surface area contributed by atoms with Crippen molar-refractivity contribution in [3.63, 3.8) is 0 Å². The minimum Gasteiger partial charge on any atom is -0.748 e. The molecule has 0 saturated carbocycles. The van der Waals surface area contributed by atoms with E-state index in [2.05, 4.69) is 68.4 Å². The molecule has 4 nitrogen and oxygen atoms in total. The van der Waals surface area contributed by atoms with Gasteiger partial charge in [0.2, 0.25) is 0 Å². The standard InChI is InChI=1S/C27H31NO3S/c1-3-14-27(15-4-2)25-9-6-5-8-23(25)24-11-10-22(20-26(24)27)21-12-17-28(18-13-21)16-7-19-32(29,30)31/h5-6,8-13,17-18,20H,3-4,7,14-16,19H2,1-2H3. The van der Waals surface area contributed by atoms with E-state index in [1.54, 1.807) is 0 Å². The molecular formula is C27H31NO3S. The fourth-order valence-electron chi connectivity index (χ4n) is 5.37. The van der Waals surface area contributed by atoms with Gasteiger partial charge in [-0.2, -0.15) is 0 Å². The van der Waals surface area contributed by atoms with Crippen molar-refractivity contribution in [3.05, 3.63) is 78.1 Å². The van der Waals surface area contributed by atoms with Gasteiger partial charge in [-0.05, 0) is 52.3 Å². The topological polar surface area (TPSA) is 61.1 Å². The first-order valence-corrected chi connectivity index (χ1v) is 13.1. The van der Waals surface area contributed by atoms with Crippen LogP contribution in [0.25, 0.3) is 22.3 Å². The van der Waals surface area contributed by atoms with E-state index in [1.165, 1.54) is 27.8 Å². The molecule has 0 fully saturated rings. The van der Waals surface area contributed by atoms with Crippen molar-refractivity contribution in [2.45, 2.75) is 57.9 Å². The average molecular weight is 450 g/mol. The summed E-state index contributed by atoms with van der Waals surface area (Å²) < 4.78 is 34.4. The molecule has 3 aromatic rings. The molecule has 1 aliphatic carbocycles. The van der Waals surface area contributed by atoms with Crippen LogP contribution in [0.4, 0.5) is 0 Å². The van der Waals surface area contributed by atoms with Crippen LogP contribution in [-0.2, 0) is 22.1 Å². The van der Waals surface area contributed by atoms with Gasteiger partial charge in [-0.1, -0.05) is 63.1 Å². The lowest BCUT2D eigenvalue weighted by Gasteiger charge is -2.32. The Bertz CT molecular complexity index is 1190. The highest BCUT2D eigenvalue weighted by Crippen LogP contribution is 2.54. The van der Waals surface area contributed by atoms with E-state index < -0.39 is 10.1 Å². The molecule has 0 bridgehead atoms. The minimum atomic E-state index is -4.16. The quantitative estimate of drug-likeness (QED) is 0.323. The summed E-state index contributed by atoms with van der Waals surface area (Å²) in [6, 6.07) is 19.9. The van der Waals surface area contributed by atoms with Crippen LogP contribution in [0.15, 0.2) is 67.0 Å². The smallest absolute Gasteiger partial charge is 0.169 e. The van der Waals surface area contributed by atoms with Crippen LogP contribution < -0.4 is 4.57 Å². The second kappa shape index (κ2) is 9.16. The molecule has 0 N–H and O–H groups in total. The van der Waals surface area contributed by atoms with Crippen LogP contribution in [0.5, 0.6) is 0 Å². The maximum absolute atomic E-state index is 10.8. The number of benzene rings is 2. The van der Waals surface area contributed by atoms with Gasteiger partial charge in [0.15, 0.2) is 12.4 Å². The third-order valence-electron chi connectivity index (χ3n) is 6.66. The van der Waals surface area contributed by atoms with Gasteiger partial charge in [-0.3, -0.25) is 0 Å². The highest BCUT2D eigenvalue weighted by molar-refractivity contribution is 7.85. The summed E-state index contributed by atoms with van der Waals surface area (Å²) >= 11 is 0. The lowest BCUT2D eigenvalue weighted by molar-refractivity contribution is -0.696. The van der Waals surface area contributed by atoms with Gasteiger partial charge < -0.3 is 4.55 Å². The van der Waals surface area contributed by atoms with Gasteiger partial charge in [0, 0.05) is 29.7 Å². The fraction of sp³-hybridized carbons (Fsp3) is 0.370. The number of pyridine rings is 1. The maximum atomic E-state index is 10.8. The predicted octanol–water partition coefficient (Wildman–Crippen LogP) is 5.44. The minimum absolute atomic E-state index is 0.0734. The molecule has 0 spiro atoms. The van der Waals surface area contributed by atoms with Gasteiger partial charge in [0.1, 0.15) is 6.54 Å². The van der Waals surface area contributed by atoms with Gasteiger partial charge >= 0.3 is 0 Å². The molecule has 1 aromatic heterocycles. The molecule has 32 heavy (non-hydrogen) atoms. The summed E-state index contributed by atoms with van der Waals surface area (Å²) in [4.78, 5) is 0. The molecule has 0 aliphatic heterocycles. The second-order valence-corrected chi connectivity index (χ2v) is 10.4. The Balaban J connectivity index is 1.67. The number of aromatic nitrogens is 1.